The van der Waals surface area contributed by atoms with Gasteiger partial charge < -0.3 is 23.9 Å². The van der Waals surface area contributed by atoms with Crippen LogP contribution < -0.4 is 9.47 Å². The van der Waals surface area contributed by atoms with Crippen molar-refractivity contribution in [1.29, 1.82) is 0 Å². The van der Waals surface area contributed by atoms with Gasteiger partial charge in [0.1, 0.15) is 29.1 Å². The number of amides is 1. The standard InChI is InChI=1S/C27H25NO6/c1-3-32-20-9-6-17(7-10-20)24-23(26(30)27(31)28(24)15-21-5-4-12-33-21)25(29)18-8-11-22-19(14-18)13-16(2)34-22/h4-12,14,16,24,29H,3,13,15H2,1-2H3. The zero-order chi connectivity index (χ0) is 23.8. The van der Waals surface area contributed by atoms with Gasteiger partial charge in [-0.2, -0.15) is 0 Å². The fourth-order valence-electron chi connectivity index (χ4n) is 4.60. The predicted octanol–water partition coefficient (Wildman–Crippen LogP) is 4.62. The normalized spacial score (nSPS) is 20.9. The number of hydrogen-bond donors (Lipinski definition) is 1. The summed E-state index contributed by atoms with van der Waals surface area (Å²) >= 11 is 0. The lowest BCUT2D eigenvalue weighted by Gasteiger charge is -2.24. The summed E-state index contributed by atoms with van der Waals surface area (Å²) in [4.78, 5) is 27.7. The second kappa shape index (κ2) is 8.74. The van der Waals surface area contributed by atoms with E-state index in [1.807, 2.05) is 32.0 Å². The van der Waals surface area contributed by atoms with Gasteiger partial charge in [-0.25, -0.2) is 0 Å². The zero-order valence-corrected chi connectivity index (χ0v) is 19.0. The molecular formula is C27H25NO6. The smallest absolute Gasteiger partial charge is 0.296 e. The summed E-state index contributed by atoms with van der Waals surface area (Å²) in [6.45, 7) is 4.50. The Bertz CT molecular complexity index is 1260. The molecule has 1 amide bonds. The number of carbonyl (C=O) groups is 2. The van der Waals surface area contributed by atoms with Gasteiger partial charge in [0, 0.05) is 12.0 Å². The van der Waals surface area contributed by atoms with Gasteiger partial charge in [-0.05, 0) is 67.4 Å². The van der Waals surface area contributed by atoms with Crippen LogP contribution in [0, 0.1) is 0 Å². The Balaban J connectivity index is 1.60. The van der Waals surface area contributed by atoms with E-state index in [1.54, 1.807) is 36.4 Å². The van der Waals surface area contributed by atoms with E-state index in [9.17, 15) is 14.7 Å². The summed E-state index contributed by atoms with van der Waals surface area (Å²) in [6.07, 6.45) is 2.28. The fraction of sp³-hybridized carbons (Fsp3) is 0.259. The van der Waals surface area contributed by atoms with E-state index in [0.717, 1.165) is 11.3 Å². The summed E-state index contributed by atoms with van der Waals surface area (Å²) in [5.41, 5.74) is 2.17. The molecule has 3 heterocycles. The highest BCUT2D eigenvalue weighted by molar-refractivity contribution is 6.46. The summed E-state index contributed by atoms with van der Waals surface area (Å²) < 4.78 is 16.7. The molecule has 5 rings (SSSR count). The van der Waals surface area contributed by atoms with Gasteiger partial charge in [0.15, 0.2) is 0 Å². The molecule has 2 unspecified atom stereocenters. The topological polar surface area (TPSA) is 89.2 Å². The molecule has 2 aromatic carbocycles. The molecule has 0 spiro atoms. The van der Waals surface area contributed by atoms with Crippen LogP contribution in [-0.2, 0) is 22.6 Å². The van der Waals surface area contributed by atoms with Crippen molar-refractivity contribution in [3.8, 4) is 11.5 Å². The third kappa shape index (κ3) is 3.83. The van der Waals surface area contributed by atoms with Crippen LogP contribution in [-0.4, -0.2) is 34.4 Å². The van der Waals surface area contributed by atoms with Crippen molar-refractivity contribution in [1.82, 2.24) is 4.90 Å². The minimum absolute atomic E-state index is 0.0487. The number of Topliss-reactive ketones (excluding diaryl/α,β-unsaturated/α-hetero) is 1. The Morgan fingerprint density at radius 2 is 1.94 bits per heavy atom. The molecule has 2 atom stereocenters. The number of benzene rings is 2. The highest BCUT2D eigenvalue weighted by Gasteiger charge is 2.46. The molecule has 1 aromatic heterocycles. The lowest BCUT2D eigenvalue weighted by atomic mass is 9.94. The number of likely N-dealkylation sites (tertiary alicyclic amines) is 1. The average Bonchev–Trinajstić information content (AvgIpc) is 3.53. The number of ketones is 1. The van der Waals surface area contributed by atoms with Crippen LogP contribution in [0.5, 0.6) is 11.5 Å². The number of hydrogen-bond acceptors (Lipinski definition) is 6. The highest BCUT2D eigenvalue weighted by atomic mass is 16.5. The van der Waals surface area contributed by atoms with Gasteiger partial charge in [0.05, 0.1) is 31.0 Å². The zero-order valence-electron chi connectivity index (χ0n) is 19.0. The molecule has 2 aliphatic heterocycles. The summed E-state index contributed by atoms with van der Waals surface area (Å²) in [5, 5.41) is 11.3. The number of aliphatic hydroxyl groups excluding tert-OH is 1. The van der Waals surface area contributed by atoms with E-state index in [4.69, 9.17) is 13.9 Å². The minimum Gasteiger partial charge on any atom is -0.507 e. The van der Waals surface area contributed by atoms with Crippen molar-refractivity contribution >= 4 is 17.4 Å². The number of ether oxygens (including phenoxy) is 2. The number of nitrogens with zero attached hydrogens (tertiary/aromatic N) is 1. The molecule has 2 aliphatic rings. The molecule has 1 N–H and O–H groups in total. The lowest BCUT2D eigenvalue weighted by molar-refractivity contribution is -0.140. The van der Waals surface area contributed by atoms with Crippen LogP contribution >= 0.6 is 0 Å². The maximum absolute atomic E-state index is 13.2. The van der Waals surface area contributed by atoms with E-state index >= 15 is 0 Å². The maximum atomic E-state index is 13.2. The third-order valence-corrected chi connectivity index (χ3v) is 6.12. The first-order chi connectivity index (χ1) is 16.5. The van der Waals surface area contributed by atoms with E-state index < -0.39 is 17.7 Å². The molecule has 34 heavy (non-hydrogen) atoms. The molecule has 3 aromatic rings. The Hall–Kier alpha value is -4.00. The summed E-state index contributed by atoms with van der Waals surface area (Å²) in [7, 11) is 0. The number of furan rings is 1. The first-order valence-electron chi connectivity index (χ1n) is 11.3. The predicted molar refractivity (Wildman–Crippen MR) is 124 cm³/mol. The van der Waals surface area contributed by atoms with Crippen LogP contribution in [0.4, 0.5) is 0 Å². The maximum Gasteiger partial charge on any atom is 0.296 e. The van der Waals surface area contributed by atoms with Crippen molar-refractivity contribution in [2.45, 2.75) is 39.0 Å². The Kier molecular flexibility index (Phi) is 5.61. The quantitative estimate of drug-likeness (QED) is 0.329. The van der Waals surface area contributed by atoms with Crippen LogP contribution in [0.25, 0.3) is 5.76 Å². The number of fused-ring (bicyclic) bond motifs is 1. The van der Waals surface area contributed by atoms with Crippen molar-refractivity contribution in [2.75, 3.05) is 6.61 Å². The van der Waals surface area contributed by atoms with Crippen molar-refractivity contribution in [3.05, 3.63) is 88.9 Å². The number of carbonyl (C=O) groups excluding carboxylic acids is 2. The van der Waals surface area contributed by atoms with Crippen LogP contribution in [0.1, 0.15) is 42.3 Å². The second-order valence-electron chi connectivity index (χ2n) is 8.46. The van der Waals surface area contributed by atoms with Crippen molar-refractivity contribution in [3.63, 3.8) is 0 Å². The molecule has 0 aliphatic carbocycles. The first-order valence-corrected chi connectivity index (χ1v) is 11.3. The largest absolute Gasteiger partial charge is 0.507 e. The third-order valence-electron chi connectivity index (χ3n) is 6.12. The molecule has 7 heteroatoms. The molecule has 1 fully saturated rings. The van der Waals surface area contributed by atoms with E-state index in [-0.39, 0.29) is 24.0 Å². The Labute approximate surface area is 197 Å². The monoisotopic (exact) mass is 459 g/mol. The fourth-order valence-corrected chi connectivity index (χ4v) is 4.60. The highest BCUT2D eigenvalue weighted by Crippen LogP contribution is 2.41. The molecule has 0 radical (unpaired) electrons. The van der Waals surface area contributed by atoms with Gasteiger partial charge in [-0.1, -0.05) is 12.1 Å². The number of aliphatic hydroxyl groups is 1. The van der Waals surface area contributed by atoms with E-state index in [1.165, 1.54) is 11.2 Å². The van der Waals surface area contributed by atoms with Gasteiger partial charge in [-0.3, -0.25) is 9.59 Å². The van der Waals surface area contributed by atoms with Crippen LogP contribution in [0.15, 0.2) is 70.9 Å². The Morgan fingerprint density at radius 1 is 1.15 bits per heavy atom. The Morgan fingerprint density at radius 3 is 2.65 bits per heavy atom. The summed E-state index contributed by atoms with van der Waals surface area (Å²) in [6, 6.07) is 15.2. The summed E-state index contributed by atoms with van der Waals surface area (Å²) in [5.74, 6) is 0.374. The molecular weight excluding hydrogens is 434 g/mol. The van der Waals surface area contributed by atoms with Gasteiger partial charge in [0.2, 0.25) is 0 Å². The van der Waals surface area contributed by atoms with Crippen molar-refractivity contribution < 1.29 is 28.6 Å². The van der Waals surface area contributed by atoms with Gasteiger partial charge >= 0.3 is 0 Å². The average molecular weight is 459 g/mol. The van der Waals surface area contributed by atoms with Gasteiger partial charge in [0.25, 0.3) is 11.7 Å². The number of rotatable bonds is 6. The SMILES string of the molecule is CCOc1ccc(C2C(=C(O)c3ccc4c(c3)CC(C)O4)C(=O)C(=O)N2Cc2ccco2)cc1. The van der Waals surface area contributed by atoms with E-state index in [0.29, 0.717) is 35.7 Å². The molecule has 0 saturated carbocycles. The van der Waals surface area contributed by atoms with Crippen LogP contribution in [0.3, 0.4) is 0 Å². The molecule has 174 valence electrons. The first kappa shape index (κ1) is 21.8. The van der Waals surface area contributed by atoms with Crippen LogP contribution in [0.2, 0.25) is 0 Å². The molecule has 0 bridgehead atoms. The lowest BCUT2D eigenvalue weighted by Crippen LogP contribution is -2.29. The van der Waals surface area contributed by atoms with Gasteiger partial charge in [-0.15, -0.1) is 0 Å². The minimum atomic E-state index is -0.774. The molecule has 7 nitrogen and oxygen atoms in total. The van der Waals surface area contributed by atoms with Crippen molar-refractivity contribution in [2.24, 2.45) is 0 Å². The molecule has 1 saturated heterocycles. The van der Waals surface area contributed by atoms with E-state index in [2.05, 4.69) is 0 Å². The second-order valence-corrected chi connectivity index (χ2v) is 8.46.